The van der Waals surface area contributed by atoms with Crippen LogP contribution in [0.1, 0.15) is 41.0 Å². The number of benzene rings is 1. The Morgan fingerprint density at radius 2 is 1.73 bits per heavy atom. The summed E-state index contributed by atoms with van der Waals surface area (Å²) in [5, 5.41) is 4.64. The van der Waals surface area contributed by atoms with Gasteiger partial charge in [-0.05, 0) is 43.9 Å². The molecule has 0 saturated carbocycles. The van der Waals surface area contributed by atoms with Gasteiger partial charge >= 0.3 is 0 Å². The number of fused-ring (bicyclic) bond motifs is 1. The summed E-state index contributed by atoms with van der Waals surface area (Å²) in [6.07, 6.45) is 8.37. The first-order valence-electron chi connectivity index (χ1n) is 8.82. The van der Waals surface area contributed by atoms with Crippen molar-refractivity contribution in [1.29, 1.82) is 0 Å². The molecule has 0 unspecified atom stereocenters. The molecule has 132 valence electrons. The Labute approximate surface area is 151 Å². The van der Waals surface area contributed by atoms with Gasteiger partial charge in [0.25, 0.3) is 5.91 Å². The molecule has 2 aromatic heterocycles. The van der Waals surface area contributed by atoms with Crippen molar-refractivity contribution in [3.63, 3.8) is 0 Å². The third-order valence-electron chi connectivity index (χ3n) is 4.50. The molecule has 7 heteroatoms. The van der Waals surface area contributed by atoms with Gasteiger partial charge in [0.15, 0.2) is 5.69 Å². The Kier molecular flexibility index (Phi) is 4.59. The van der Waals surface area contributed by atoms with Crippen molar-refractivity contribution in [2.75, 3.05) is 5.43 Å². The van der Waals surface area contributed by atoms with E-state index in [0.29, 0.717) is 11.6 Å². The molecule has 3 aromatic rings. The molecule has 0 fully saturated rings. The van der Waals surface area contributed by atoms with Crippen molar-refractivity contribution in [2.24, 2.45) is 0 Å². The highest BCUT2D eigenvalue weighted by Crippen LogP contribution is 2.26. The van der Waals surface area contributed by atoms with E-state index in [1.165, 1.54) is 6.42 Å². The quantitative estimate of drug-likeness (QED) is 0.559. The van der Waals surface area contributed by atoms with Gasteiger partial charge in [0, 0.05) is 23.7 Å². The van der Waals surface area contributed by atoms with E-state index >= 15 is 0 Å². The molecule has 0 spiro atoms. The summed E-state index contributed by atoms with van der Waals surface area (Å²) in [6.45, 7) is 0. The van der Waals surface area contributed by atoms with E-state index in [-0.39, 0.29) is 5.91 Å². The number of rotatable bonds is 4. The van der Waals surface area contributed by atoms with E-state index in [9.17, 15) is 4.79 Å². The van der Waals surface area contributed by atoms with E-state index in [1.54, 1.807) is 18.5 Å². The lowest BCUT2D eigenvalue weighted by molar-refractivity contribution is 0.0956. The second-order valence-corrected chi connectivity index (χ2v) is 6.23. The van der Waals surface area contributed by atoms with Crippen LogP contribution in [0, 0.1) is 0 Å². The van der Waals surface area contributed by atoms with Gasteiger partial charge in [-0.2, -0.15) is 5.10 Å². The monoisotopic (exact) mass is 348 g/mol. The van der Waals surface area contributed by atoms with E-state index in [4.69, 9.17) is 0 Å². The van der Waals surface area contributed by atoms with Gasteiger partial charge in [-0.25, -0.2) is 14.6 Å². The molecule has 2 heterocycles. The lowest BCUT2D eigenvalue weighted by atomic mass is 10.1. The summed E-state index contributed by atoms with van der Waals surface area (Å²) >= 11 is 0. The van der Waals surface area contributed by atoms with Crippen LogP contribution in [-0.4, -0.2) is 25.7 Å². The lowest BCUT2D eigenvalue weighted by Crippen LogP contribution is -2.31. The van der Waals surface area contributed by atoms with Gasteiger partial charge in [0.2, 0.25) is 5.95 Å². The van der Waals surface area contributed by atoms with Crippen LogP contribution in [-0.2, 0) is 12.8 Å². The average molecular weight is 348 g/mol. The maximum atomic E-state index is 12.7. The van der Waals surface area contributed by atoms with Gasteiger partial charge in [0.1, 0.15) is 0 Å². The maximum absolute atomic E-state index is 12.7. The fourth-order valence-corrected chi connectivity index (χ4v) is 3.28. The van der Waals surface area contributed by atoms with Crippen LogP contribution in [0.15, 0.2) is 48.8 Å². The number of amides is 1. The van der Waals surface area contributed by atoms with Crippen LogP contribution in [0.5, 0.6) is 0 Å². The number of carbonyl (C=O) groups excluding carboxylic acids is 1. The van der Waals surface area contributed by atoms with Crippen LogP contribution in [0.25, 0.3) is 5.69 Å². The summed E-state index contributed by atoms with van der Waals surface area (Å²) in [7, 11) is 0. The zero-order valence-electron chi connectivity index (χ0n) is 14.4. The second-order valence-electron chi connectivity index (χ2n) is 6.23. The Hall–Kier alpha value is -3.22. The molecular weight excluding hydrogens is 328 g/mol. The summed E-state index contributed by atoms with van der Waals surface area (Å²) < 4.78 is 1.91. The molecule has 0 aliphatic heterocycles. The zero-order chi connectivity index (χ0) is 17.8. The molecule has 1 aromatic carbocycles. The number of nitrogens with one attached hydrogen (secondary N) is 2. The number of hydrazine groups is 1. The summed E-state index contributed by atoms with van der Waals surface area (Å²) in [5.41, 5.74) is 9.02. The number of hydrogen-bond acceptors (Lipinski definition) is 5. The molecule has 7 nitrogen and oxygen atoms in total. The molecule has 1 aliphatic rings. The van der Waals surface area contributed by atoms with Gasteiger partial charge in [-0.15, -0.1) is 0 Å². The Morgan fingerprint density at radius 3 is 2.54 bits per heavy atom. The molecule has 0 radical (unpaired) electrons. The van der Waals surface area contributed by atoms with Gasteiger partial charge < -0.3 is 0 Å². The molecule has 0 saturated heterocycles. The molecule has 26 heavy (non-hydrogen) atoms. The normalized spacial score (nSPS) is 13.5. The highest BCUT2D eigenvalue weighted by Gasteiger charge is 2.24. The zero-order valence-corrected chi connectivity index (χ0v) is 14.4. The van der Waals surface area contributed by atoms with Gasteiger partial charge in [-0.3, -0.25) is 15.6 Å². The first-order chi connectivity index (χ1) is 12.8. The molecule has 4 rings (SSSR count). The predicted octanol–water partition coefficient (Wildman–Crippen LogP) is 2.69. The van der Waals surface area contributed by atoms with Crippen molar-refractivity contribution in [3.05, 3.63) is 65.7 Å². The summed E-state index contributed by atoms with van der Waals surface area (Å²) in [4.78, 5) is 20.8. The first kappa shape index (κ1) is 16.3. The molecule has 0 atom stereocenters. The summed E-state index contributed by atoms with van der Waals surface area (Å²) in [5.74, 6) is 0.0692. The molecule has 2 N–H and O–H groups in total. The molecule has 0 bridgehead atoms. The van der Waals surface area contributed by atoms with Crippen molar-refractivity contribution < 1.29 is 4.79 Å². The number of anilines is 1. The first-order valence-corrected chi connectivity index (χ1v) is 8.82. The largest absolute Gasteiger partial charge is 0.290 e. The van der Waals surface area contributed by atoms with Crippen LogP contribution >= 0.6 is 0 Å². The Balaban J connectivity index is 1.65. The highest BCUT2D eigenvalue weighted by atomic mass is 16.2. The van der Waals surface area contributed by atoms with Crippen molar-refractivity contribution in [3.8, 4) is 5.69 Å². The molecular formula is C19H20N6O. The van der Waals surface area contributed by atoms with Crippen molar-refractivity contribution >= 4 is 11.9 Å². The third-order valence-corrected chi connectivity index (χ3v) is 4.50. The fraction of sp³-hybridized carbons (Fsp3) is 0.263. The second kappa shape index (κ2) is 7.35. The number of nitrogens with zero attached hydrogens (tertiary/aromatic N) is 4. The van der Waals surface area contributed by atoms with Crippen LogP contribution in [0.2, 0.25) is 0 Å². The minimum Gasteiger partial charge on any atom is -0.266 e. The number of carbonyl (C=O) groups is 1. The van der Waals surface area contributed by atoms with Crippen molar-refractivity contribution in [1.82, 2.24) is 25.2 Å². The van der Waals surface area contributed by atoms with Crippen LogP contribution < -0.4 is 10.9 Å². The average Bonchev–Trinajstić information content (AvgIpc) is 2.89. The Bertz CT molecular complexity index is 891. The number of para-hydroxylation sites is 1. The maximum Gasteiger partial charge on any atom is 0.290 e. The van der Waals surface area contributed by atoms with Crippen LogP contribution in [0.3, 0.4) is 0 Å². The third kappa shape index (κ3) is 3.28. The smallest absolute Gasteiger partial charge is 0.266 e. The SMILES string of the molecule is O=C(NNc1ncccn1)c1nn(-c2ccccc2)c2c1CCCCC2. The predicted molar refractivity (Wildman–Crippen MR) is 97.9 cm³/mol. The highest BCUT2D eigenvalue weighted by molar-refractivity contribution is 5.94. The molecule has 1 amide bonds. The fourth-order valence-electron chi connectivity index (χ4n) is 3.28. The van der Waals surface area contributed by atoms with E-state index in [2.05, 4.69) is 25.9 Å². The summed E-state index contributed by atoms with van der Waals surface area (Å²) in [6, 6.07) is 11.7. The Morgan fingerprint density at radius 1 is 0.962 bits per heavy atom. The van der Waals surface area contributed by atoms with E-state index in [0.717, 1.165) is 42.6 Å². The number of aromatic nitrogens is 4. The minimum atomic E-state index is -0.273. The topological polar surface area (TPSA) is 84.7 Å². The van der Waals surface area contributed by atoms with Gasteiger partial charge in [0.05, 0.1) is 5.69 Å². The lowest BCUT2D eigenvalue weighted by Gasteiger charge is -2.06. The van der Waals surface area contributed by atoms with Gasteiger partial charge in [-0.1, -0.05) is 24.6 Å². The number of hydrogen-bond donors (Lipinski definition) is 2. The minimum absolute atomic E-state index is 0.273. The van der Waals surface area contributed by atoms with Crippen molar-refractivity contribution in [2.45, 2.75) is 32.1 Å². The standard InChI is InChI=1S/C19H20N6O/c26-18(22-23-19-20-12-7-13-21-19)17-15-10-5-2-6-11-16(15)25(24-17)14-8-3-1-4-9-14/h1,3-4,7-9,12-13H,2,5-6,10-11H2,(H,22,26)(H,20,21,23). The van der Waals surface area contributed by atoms with E-state index < -0.39 is 0 Å². The van der Waals surface area contributed by atoms with E-state index in [1.807, 2.05) is 35.0 Å². The molecule has 1 aliphatic carbocycles. The van der Waals surface area contributed by atoms with Crippen LogP contribution in [0.4, 0.5) is 5.95 Å².